The van der Waals surface area contributed by atoms with Crippen LogP contribution in [0.1, 0.15) is 5.56 Å². The SMILES string of the molecule is NCc1cccc(Cl)c1Oc1ccccc1I. The van der Waals surface area contributed by atoms with Gasteiger partial charge in [0.15, 0.2) is 5.75 Å². The highest BCUT2D eigenvalue weighted by molar-refractivity contribution is 14.1. The molecule has 0 atom stereocenters. The van der Waals surface area contributed by atoms with E-state index in [1.807, 2.05) is 36.4 Å². The third kappa shape index (κ3) is 2.91. The average Bonchev–Trinajstić information content (AvgIpc) is 2.34. The van der Waals surface area contributed by atoms with Crippen LogP contribution in [0, 0.1) is 3.57 Å². The Balaban J connectivity index is 2.39. The maximum absolute atomic E-state index is 6.13. The van der Waals surface area contributed by atoms with Crippen molar-refractivity contribution in [2.24, 2.45) is 5.73 Å². The van der Waals surface area contributed by atoms with Gasteiger partial charge in [-0.1, -0.05) is 35.9 Å². The second kappa shape index (κ2) is 5.71. The van der Waals surface area contributed by atoms with Gasteiger partial charge in [-0.3, -0.25) is 0 Å². The fraction of sp³-hybridized carbons (Fsp3) is 0.0769. The Bertz CT molecular complexity index is 531. The minimum absolute atomic E-state index is 0.402. The van der Waals surface area contributed by atoms with Gasteiger partial charge < -0.3 is 10.5 Å². The third-order valence-electron chi connectivity index (χ3n) is 2.32. The molecule has 4 heteroatoms. The molecule has 0 spiro atoms. The summed E-state index contributed by atoms with van der Waals surface area (Å²) in [6.45, 7) is 0.402. The van der Waals surface area contributed by atoms with Crippen LogP contribution in [-0.2, 0) is 6.54 Å². The molecule has 0 radical (unpaired) electrons. The van der Waals surface area contributed by atoms with Gasteiger partial charge in [0.25, 0.3) is 0 Å². The number of hydrogen-bond acceptors (Lipinski definition) is 2. The van der Waals surface area contributed by atoms with E-state index in [0.717, 1.165) is 14.9 Å². The van der Waals surface area contributed by atoms with Crippen LogP contribution in [0.4, 0.5) is 0 Å². The molecule has 0 saturated carbocycles. The van der Waals surface area contributed by atoms with Crippen molar-refractivity contribution in [3.63, 3.8) is 0 Å². The van der Waals surface area contributed by atoms with E-state index in [4.69, 9.17) is 22.1 Å². The first kappa shape index (κ1) is 12.7. The molecule has 0 saturated heterocycles. The summed E-state index contributed by atoms with van der Waals surface area (Å²) in [5.74, 6) is 1.43. The van der Waals surface area contributed by atoms with Crippen LogP contribution < -0.4 is 10.5 Å². The molecule has 0 aliphatic rings. The van der Waals surface area contributed by atoms with Crippen LogP contribution in [0.25, 0.3) is 0 Å². The zero-order valence-electron chi connectivity index (χ0n) is 8.99. The van der Waals surface area contributed by atoms with Gasteiger partial charge >= 0.3 is 0 Å². The van der Waals surface area contributed by atoms with E-state index in [-0.39, 0.29) is 0 Å². The number of halogens is 2. The molecule has 0 heterocycles. The zero-order valence-corrected chi connectivity index (χ0v) is 11.9. The predicted molar refractivity (Wildman–Crippen MR) is 78.6 cm³/mol. The van der Waals surface area contributed by atoms with Crippen LogP contribution in [0.3, 0.4) is 0 Å². The van der Waals surface area contributed by atoms with Crippen molar-refractivity contribution in [2.75, 3.05) is 0 Å². The fourth-order valence-electron chi connectivity index (χ4n) is 1.47. The minimum Gasteiger partial charge on any atom is -0.454 e. The molecule has 2 N–H and O–H groups in total. The topological polar surface area (TPSA) is 35.2 Å². The Hall–Kier alpha value is -0.780. The lowest BCUT2D eigenvalue weighted by molar-refractivity contribution is 0.473. The molecule has 2 rings (SSSR count). The van der Waals surface area contributed by atoms with Crippen molar-refractivity contribution in [2.45, 2.75) is 6.54 Å². The van der Waals surface area contributed by atoms with Crippen molar-refractivity contribution in [1.82, 2.24) is 0 Å². The highest BCUT2D eigenvalue weighted by Gasteiger charge is 2.09. The number of rotatable bonds is 3. The lowest BCUT2D eigenvalue weighted by Crippen LogP contribution is -2.00. The van der Waals surface area contributed by atoms with Crippen molar-refractivity contribution in [1.29, 1.82) is 0 Å². The number of para-hydroxylation sites is 2. The Morgan fingerprint density at radius 1 is 1.12 bits per heavy atom. The molecular weight excluding hydrogens is 349 g/mol. The minimum atomic E-state index is 0.402. The van der Waals surface area contributed by atoms with E-state index in [2.05, 4.69) is 22.6 Å². The Kier molecular flexibility index (Phi) is 4.25. The largest absolute Gasteiger partial charge is 0.454 e. The number of hydrogen-bond donors (Lipinski definition) is 1. The molecule has 0 aliphatic heterocycles. The summed E-state index contributed by atoms with van der Waals surface area (Å²) in [5.41, 5.74) is 6.57. The smallest absolute Gasteiger partial charge is 0.150 e. The van der Waals surface area contributed by atoms with Gasteiger partial charge in [-0.25, -0.2) is 0 Å². The van der Waals surface area contributed by atoms with Gasteiger partial charge in [-0.2, -0.15) is 0 Å². The van der Waals surface area contributed by atoms with Gasteiger partial charge in [0.05, 0.1) is 8.59 Å². The van der Waals surface area contributed by atoms with E-state index in [9.17, 15) is 0 Å². The van der Waals surface area contributed by atoms with Gasteiger partial charge in [-0.05, 0) is 40.8 Å². The molecule has 17 heavy (non-hydrogen) atoms. The zero-order chi connectivity index (χ0) is 12.3. The monoisotopic (exact) mass is 359 g/mol. The molecule has 0 unspecified atom stereocenters. The lowest BCUT2D eigenvalue weighted by atomic mass is 10.2. The quantitative estimate of drug-likeness (QED) is 0.834. The maximum atomic E-state index is 6.13. The van der Waals surface area contributed by atoms with E-state index in [0.29, 0.717) is 17.3 Å². The van der Waals surface area contributed by atoms with E-state index >= 15 is 0 Å². The van der Waals surface area contributed by atoms with Crippen LogP contribution in [-0.4, -0.2) is 0 Å². The van der Waals surface area contributed by atoms with Gasteiger partial charge in [-0.15, -0.1) is 0 Å². The van der Waals surface area contributed by atoms with Crippen LogP contribution in [0.15, 0.2) is 42.5 Å². The Morgan fingerprint density at radius 2 is 1.88 bits per heavy atom. The highest BCUT2D eigenvalue weighted by Crippen LogP contribution is 2.34. The Morgan fingerprint density at radius 3 is 2.59 bits per heavy atom. The maximum Gasteiger partial charge on any atom is 0.150 e. The van der Waals surface area contributed by atoms with Gasteiger partial charge in [0.2, 0.25) is 0 Å². The molecule has 2 nitrogen and oxygen atoms in total. The summed E-state index contributed by atoms with van der Waals surface area (Å²) in [6, 6.07) is 13.4. The highest BCUT2D eigenvalue weighted by atomic mass is 127. The molecule has 0 fully saturated rings. The number of nitrogens with two attached hydrogens (primary N) is 1. The van der Waals surface area contributed by atoms with E-state index in [1.165, 1.54) is 0 Å². The van der Waals surface area contributed by atoms with Crippen molar-refractivity contribution >= 4 is 34.2 Å². The fourth-order valence-corrected chi connectivity index (χ4v) is 2.20. The molecule has 0 aromatic heterocycles. The second-order valence-electron chi connectivity index (χ2n) is 3.46. The van der Waals surface area contributed by atoms with Crippen molar-refractivity contribution in [3.8, 4) is 11.5 Å². The molecule has 0 amide bonds. The first-order chi connectivity index (χ1) is 8.22. The molecule has 2 aromatic carbocycles. The summed E-state index contributed by atoms with van der Waals surface area (Å²) < 4.78 is 6.88. The Labute approximate surface area is 119 Å². The summed E-state index contributed by atoms with van der Waals surface area (Å²) in [5, 5.41) is 0.576. The molecule has 0 bridgehead atoms. The molecule has 88 valence electrons. The average molecular weight is 360 g/mol. The number of ether oxygens (including phenoxy) is 1. The van der Waals surface area contributed by atoms with Crippen molar-refractivity contribution in [3.05, 3.63) is 56.6 Å². The molecular formula is C13H11ClINO. The molecule has 2 aromatic rings. The lowest BCUT2D eigenvalue weighted by Gasteiger charge is -2.12. The van der Waals surface area contributed by atoms with E-state index in [1.54, 1.807) is 6.07 Å². The van der Waals surface area contributed by atoms with Crippen LogP contribution >= 0.6 is 34.2 Å². The number of benzene rings is 2. The van der Waals surface area contributed by atoms with Crippen molar-refractivity contribution < 1.29 is 4.74 Å². The summed E-state index contributed by atoms with van der Waals surface area (Å²) in [6.07, 6.45) is 0. The van der Waals surface area contributed by atoms with Gasteiger partial charge in [0, 0.05) is 12.1 Å². The summed E-state index contributed by atoms with van der Waals surface area (Å²) in [7, 11) is 0. The summed E-state index contributed by atoms with van der Waals surface area (Å²) >= 11 is 8.35. The van der Waals surface area contributed by atoms with E-state index < -0.39 is 0 Å². The van der Waals surface area contributed by atoms with Crippen LogP contribution in [0.2, 0.25) is 5.02 Å². The first-order valence-electron chi connectivity index (χ1n) is 5.12. The molecule has 0 aliphatic carbocycles. The van der Waals surface area contributed by atoms with Crippen LogP contribution in [0.5, 0.6) is 11.5 Å². The predicted octanol–water partition coefficient (Wildman–Crippen LogP) is 4.20. The second-order valence-corrected chi connectivity index (χ2v) is 5.03. The normalized spacial score (nSPS) is 10.3. The summed E-state index contributed by atoms with van der Waals surface area (Å²) in [4.78, 5) is 0. The third-order valence-corrected chi connectivity index (χ3v) is 3.51. The first-order valence-corrected chi connectivity index (χ1v) is 6.58. The standard InChI is InChI=1S/C13H11ClINO/c14-10-5-3-4-9(8-16)13(10)17-12-7-2-1-6-11(12)15/h1-7H,8,16H2. The van der Waals surface area contributed by atoms with Gasteiger partial charge in [0.1, 0.15) is 5.75 Å².